The van der Waals surface area contributed by atoms with Gasteiger partial charge in [-0.3, -0.25) is 4.98 Å². The number of ether oxygens (including phenoxy) is 1. The number of hydrogen-bond acceptors (Lipinski definition) is 3. The molecule has 0 unspecified atom stereocenters. The normalized spacial score (nSPS) is 15.8. The molecule has 0 radical (unpaired) electrons. The molecule has 1 saturated carbocycles. The van der Waals surface area contributed by atoms with Crippen molar-refractivity contribution in [3.8, 4) is 0 Å². The Morgan fingerprint density at radius 2 is 2.36 bits per heavy atom. The van der Waals surface area contributed by atoms with Crippen LogP contribution in [0.15, 0.2) is 18.3 Å². The van der Waals surface area contributed by atoms with E-state index < -0.39 is 0 Å². The Morgan fingerprint density at radius 3 is 3.07 bits per heavy atom. The van der Waals surface area contributed by atoms with E-state index in [4.69, 9.17) is 10.5 Å². The fourth-order valence-electron chi connectivity index (χ4n) is 1.41. The second-order valence-electron chi connectivity index (χ2n) is 3.77. The Labute approximate surface area is 84.3 Å². The fourth-order valence-corrected chi connectivity index (χ4v) is 1.41. The number of hydrogen-bond donors (Lipinski definition) is 1. The molecule has 0 spiro atoms. The summed E-state index contributed by atoms with van der Waals surface area (Å²) in [7, 11) is 0. The summed E-state index contributed by atoms with van der Waals surface area (Å²) < 4.78 is 5.59. The lowest BCUT2D eigenvalue weighted by Gasteiger charge is -2.06. The van der Waals surface area contributed by atoms with Gasteiger partial charge in [0.2, 0.25) is 0 Å². The Bertz CT molecular complexity index is 297. The number of nitrogens with two attached hydrogens (primary N) is 1. The van der Waals surface area contributed by atoms with Crippen molar-refractivity contribution in [1.82, 2.24) is 4.98 Å². The molecule has 0 bridgehead atoms. The molecule has 1 fully saturated rings. The molecule has 0 amide bonds. The van der Waals surface area contributed by atoms with Gasteiger partial charge in [-0.1, -0.05) is 6.07 Å². The second kappa shape index (κ2) is 4.53. The molecular formula is C11H16N2O. The van der Waals surface area contributed by atoms with Gasteiger partial charge < -0.3 is 10.5 Å². The summed E-state index contributed by atoms with van der Waals surface area (Å²) in [6, 6.07) is 3.96. The molecular weight excluding hydrogens is 176 g/mol. The molecule has 1 aromatic heterocycles. The maximum atomic E-state index is 5.59. The van der Waals surface area contributed by atoms with Gasteiger partial charge in [0.25, 0.3) is 0 Å². The predicted octanol–water partition coefficient (Wildman–Crippen LogP) is 1.47. The molecule has 3 nitrogen and oxygen atoms in total. The zero-order valence-electron chi connectivity index (χ0n) is 8.28. The minimum Gasteiger partial charge on any atom is -0.376 e. The van der Waals surface area contributed by atoms with Crippen LogP contribution in [-0.2, 0) is 17.9 Å². The standard InChI is InChI=1S/C11H16N2O/c12-6-11-10(2-1-5-13-11)8-14-7-9-3-4-9/h1-2,5,9H,3-4,6-8,12H2. The Hall–Kier alpha value is -0.930. The van der Waals surface area contributed by atoms with E-state index in [0.29, 0.717) is 13.2 Å². The van der Waals surface area contributed by atoms with E-state index >= 15 is 0 Å². The van der Waals surface area contributed by atoms with Gasteiger partial charge in [-0.05, 0) is 24.8 Å². The largest absolute Gasteiger partial charge is 0.376 e. The van der Waals surface area contributed by atoms with Crippen molar-refractivity contribution in [1.29, 1.82) is 0 Å². The summed E-state index contributed by atoms with van der Waals surface area (Å²) in [5, 5.41) is 0. The Kier molecular flexibility index (Phi) is 3.11. The molecule has 3 heteroatoms. The van der Waals surface area contributed by atoms with Crippen LogP contribution in [-0.4, -0.2) is 11.6 Å². The molecule has 1 aromatic rings. The Balaban J connectivity index is 1.86. The van der Waals surface area contributed by atoms with Crippen LogP contribution in [0.25, 0.3) is 0 Å². The zero-order valence-corrected chi connectivity index (χ0v) is 8.28. The van der Waals surface area contributed by atoms with Gasteiger partial charge in [0.15, 0.2) is 0 Å². The summed E-state index contributed by atoms with van der Waals surface area (Å²) in [6.45, 7) is 2.03. The monoisotopic (exact) mass is 192 g/mol. The van der Waals surface area contributed by atoms with Crippen molar-refractivity contribution >= 4 is 0 Å². The number of nitrogens with zero attached hydrogens (tertiary/aromatic N) is 1. The van der Waals surface area contributed by atoms with Crippen LogP contribution in [0.5, 0.6) is 0 Å². The zero-order chi connectivity index (χ0) is 9.80. The molecule has 2 rings (SSSR count). The average Bonchev–Trinajstić information content (AvgIpc) is 3.03. The smallest absolute Gasteiger partial charge is 0.0735 e. The summed E-state index contributed by atoms with van der Waals surface area (Å²) in [5.41, 5.74) is 7.64. The molecule has 0 atom stereocenters. The third-order valence-electron chi connectivity index (χ3n) is 2.49. The SMILES string of the molecule is NCc1ncccc1COCC1CC1. The lowest BCUT2D eigenvalue weighted by atomic mass is 10.2. The molecule has 0 saturated heterocycles. The maximum absolute atomic E-state index is 5.59. The van der Waals surface area contributed by atoms with Crippen LogP contribution in [0.4, 0.5) is 0 Å². The van der Waals surface area contributed by atoms with Crippen molar-refractivity contribution in [2.24, 2.45) is 11.7 Å². The van der Waals surface area contributed by atoms with Gasteiger partial charge in [-0.2, -0.15) is 0 Å². The average molecular weight is 192 g/mol. The minimum absolute atomic E-state index is 0.489. The number of rotatable bonds is 5. The molecule has 2 N–H and O–H groups in total. The highest BCUT2D eigenvalue weighted by Gasteiger charge is 2.21. The quantitative estimate of drug-likeness (QED) is 0.768. The minimum atomic E-state index is 0.489. The van der Waals surface area contributed by atoms with E-state index in [1.54, 1.807) is 6.20 Å². The van der Waals surface area contributed by atoms with Gasteiger partial charge in [-0.25, -0.2) is 0 Å². The van der Waals surface area contributed by atoms with E-state index in [0.717, 1.165) is 23.8 Å². The summed E-state index contributed by atoms with van der Waals surface area (Å²) in [6.07, 6.45) is 4.43. The topological polar surface area (TPSA) is 48.1 Å². The Morgan fingerprint density at radius 1 is 1.50 bits per heavy atom. The maximum Gasteiger partial charge on any atom is 0.0735 e. The second-order valence-corrected chi connectivity index (χ2v) is 3.77. The van der Waals surface area contributed by atoms with Crippen molar-refractivity contribution in [3.63, 3.8) is 0 Å². The van der Waals surface area contributed by atoms with Gasteiger partial charge in [0, 0.05) is 24.9 Å². The van der Waals surface area contributed by atoms with E-state index in [9.17, 15) is 0 Å². The molecule has 14 heavy (non-hydrogen) atoms. The van der Waals surface area contributed by atoms with Crippen LogP contribution in [0, 0.1) is 5.92 Å². The van der Waals surface area contributed by atoms with Crippen LogP contribution >= 0.6 is 0 Å². The highest BCUT2D eigenvalue weighted by atomic mass is 16.5. The highest BCUT2D eigenvalue weighted by molar-refractivity contribution is 5.18. The van der Waals surface area contributed by atoms with Crippen LogP contribution in [0.1, 0.15) is 24.1 Å². The molecule has 1 heterocycles. The van der Waals surface area contributed by atoms with Gasteiger partial charge in [0.05, 0.1) is 12.3 Å². The van der Waals surface area contributed by atoms with Crippen molar-refractivity contribution in [2.45, 2.75) is 26.0 Å². The van der Waals surface area contributed by atoms with Crippen molar-refractivity contribution in [2.75, 3.05) is 6.61 Å². The third kappa shape index (κ3) is 2.53. The van der Waals surface area contributed by atoms with Gasteiger partial charge in [-0.15, -0.1) is 0 Å². The van der Waals surface area contributed by atoms with Crippen LogP contribution < -0.4 is 5.73 Å². The first-order valence-corrected chi connectivity index (χ1v) is 5.10. The van der Waals surface area contributed by atoms with Gasteiger partial charge >= 0.3 is 0 Å². The van der Waals surface area contributed by atoms with Crippen LogP contribution in [0.3, 0.4) is 0 Å². The van der Waals surface area contributed by atoms with E-state index in [2.05, 4.69) is 4.98 Å². The van der Waals surface area contributed by atoms with Gasteiger partial charge in [0.1, 0.15) is 0 Å². The summed E-state index contributed by atoms with van der Waals surface area (Å²) in [5.74, 6) is 0.813. The fraction of sp³-hybridized carbons (Fsp3) is 0.545. The molecule has 1 aliphatic carbocycles. The third-order valence-corrected chi connectivity index (χ3v) is 2.49. The lowest BCUT2D eigenvalue weighted by Crippen LogP contribution is -2.06. The molecule has 1 aliphatic rings. The van der Waals surface area contributed by atoms with E-state index in [1.165, 1.54) is 12.8 Å². The first-order chi connectivity index (χ1) is 6.90. The van der Waals surface area contributed by atoms with Crippen molar-refractivity contribution in [3.05, 3.63) is 29.6 Å². The lowest BCUT2D eigenvalue weighted by molar-refractivity contribution is 0.110. The highest BCUT2D eigenvalue weighted by Crippen LogP contribution is 2.29. The molecule has 76 valence electrons. The summed E-state index contributed by atoms with van der Waals surface area (Å²) >= 11 is 0. The summed E-state index contributed by atoms with van der Waals surface area (Å²) in [4.78, 5) is 4.21. The number of pyridine rings is 1. The number of aromatic nitrogens is 1. The molecule has 0 aromatic carbocycles. The predicted molar refractivity (Wildman–Crippen MR) is 54.5 cm³/mol. The van der Waals surface area contributed by atoms with E-state index in [-0.39, 0.29) is 0 Å². The first-order valence-electron chi connectivity index (χ1n) is 5.10. The first kappa shape index (κ1) is 9.62. The molecule has 0 aliphatic heterocycles. The van der Waals surface area contributed by atoms with Crippen LogP contribution in [0.2, 0.25) is 0 Å². The van der Waals surface area contributed by atoms with Crippen molar-refractivity contribution < 1.29 is 4.74 Å². The van der Waals surface area contributed by atoms with E-state index in [1.807, 2.05) is 12.1 Å².